The van der Waals surface area contributed by atoms with Gasteiger partial charge in [-0.15, -0.1) is 0 Å². The van der Waals surface area contributed by atoms with Crippen LogP contribution in [0.2, 0.25) is 10.0 Å². The van der Waals surface area contributed by atoms with Crippen molar-refractivity contribution in [3.63, 3.8) is 0 Å². The first-order chi connectivity index (χ1) is 17.9. The maximum absolute atomic E-state index is 13.9. The van der Waals surface area contributed by atoms with Crippen molar-refractivity contribution in [2.75, 3.05) is 36.5 Å². The van der Waals surface area contributed by atoms with Gasteiger partial charge in [-0.1, -0.05) is 59.6 Å². The number of likely N-dealkylation sites (tertiary alicyclic amines) is 1. The van der Waals surface area contributed by atoms with E-state index >= 15 is 0 Å². The van der Waals surface area contributed by atoms with E-state index in [9.17, 15) is 14.4 Å². The Morgan fingerprint density at radius 2 is 1.59 bits per heavy atom. The van der Waals surface area contributed by atoms with Crippen LogP contribution in [-0.2, 0) is 9.59 Å². The maximum Gasteiger partial charge on any atom is 0.255 e. The zero-order chi connectivity index (χ0) is 26.0. The first-order valence-corrected chi connectivity index (χ1v) is 12.8. The van der Waals surface area contributed by atoms with E-state index in [1.54, 1.807) is 58.3 Å². The lowest BCUT2D eigenvalue weighted by molar-refractivity contribution is -0.136. The molecule has 0 unspecified atom stereocenters. The highest BCUT2D eigenvalue weighted by atomic mass is 35.5. The first kappa shape index (κ1) is 25.1. The van der Waals surface area contributed by atoms with Gasteiger partial charge >= 0.3 is 0 Å². The van der Waals surface area contributed by atoms with Gasteiger partial charge < -0.3 is 20.0 Å². The van der Waals surface area contributed by atoms with Crippen LogP contribution in [-0.4, -0.2) is 59.4 Å². The molecule has 3 aromatic carbocycles. The molecule has 190 valence electrons. The van der Waals surface area contributed by atoms with E-state index in [-0.39, 0.29) is 30.9 Å². The van der Waals surface area contributed by atoms with Gasteiger partial charge in [-0.05, 0) is 55.3 Å². The van der Waals surface area contributed by atoms with E-state index in [0.717, 1.165) is 5.69 Å². The van der Waals surface area contributed by atoms with E-state index in [1.165, 1.54) is 0 Å². The molecule has 1 spiro atoms. The van der Waals surface area contributed by atoms with Crippen LogP contribution in [0.3, 0.4) is 0 Å². The second-order valence-corrected chi connectivity index (χ2v) is 10.1. The summed E-state index contributed by atoms with van der Waals surface area (Å²) >= 11 is 12.3. The van der Waals surface area contributed by atoms with E-state index in [1.807, 2.05) is 30.3 Å². The van der Waals surface area contributed by atoms with Crippen molar-refractivity contribution in [1.29, 1.82) is 0 Å². The molecule has 0 aliphatic carbocycles. The Morgan fingerprint density at radius 1 is 0.892 bits per heavy atom. The van der Waals surface area contributed by atoms with Crippen molar-refractivity contribution in [1.82, 2.24) is 9.80 Å². The normalized spacial score (nSPS) is 16.8. The molecule has 37 heavy (non-hydrogen) atoms. The SMILES string of the molecule is O=C(CN1CN(c2ccccc2)C2(CCN(C(=O)c3ccccc3Cl)CC2)C1=O)Nc1cccc(Cl)c1. The monoisotopic (exact) mass is 536 g/mol. The molecular formula is C28H26Cl2N4O3. The summed E-state index contributed by atoms with van der Waals surface area (Å²) in [5.74, 6) is -0.552. The molecule has 2 heterocycles. The molecule has 2 aliphatic heterocycles. The van der Waals surface area contributed by atoms with E-state index < -0.39 is 5.54 Å². The second kappa shape index (κ2) is 10.4. The van der Waals surface area contributed by atoms with Crippen LogP contribution in [0.4, 0.5) is 11.4 Å². The molecule has 0 aromatic heterocycles. The number of para-hydroxylation sites is 1. The minimum atomic E-state index is -0.838. The van der Waals surface area contributed by atoms with Crippen LogP contribution in [0.25, 0.3) is 0 Å². The summed E-state index contributed by atoms with van der Waals surface area (Å²) in [4.78, 5) is 45.2. The smallest absolute Gasteiger partial charge is 0.255 e. The Kier molecular flexibility index (Phi) is 7.09. The molecular weight excluding hydrogens is 511 g/mol. The van der Waals surface area contributed by atoms with Crippen LogP contribution in [0.5, 0.6) is 0 Å². The van der Waals surface area contributed by atoms with Crippen LogP contribution in [0.15, 0.2) is 78.9 Å². The third kappa shape index (κ3) is 5.02. The molecule has 0 bridgehead atoms. The predicted molar refractivity (Wildman–Crippen MR) is 145 cm³/mol. The largest absolute Gasteiger partial charge is 0.339 e. The van der Waals surface area contributed by atoms with E-state index in [0.29, 0.717) is 47.2 Å². The Bertz CT molecular complexity index is 1330. The number of nitrogens with one attached hydrogen (secondary N) is 1. The lowest BCUT2D eigenvalue weighted by Crippen LogP contribution is -2.57. The standard InChI is InChI=1S/C28H26Cl2N4O3/c29-20-7-6-8-21(17-20)31-25(35)18-33-19-34(22-9-2-1-3-10-22)28(27(33)37)13-15-32(16-14-28)26(36)23-11-4-5-12-24(23)30/h1-12,17H,13-16,18-19H2,(H,31,35). The highest BCUT2D eigenvalue weighted by molar-refractivity contribution is 6.33. The number of anilines is 2. The number of rotatable bonds is 5. The summed E-state index contributed by atoms with van der Waals surface area (Å²) in [6.07, 6.45) is 0.896. The molecule has 5 rings (SSSR count). The van der Waals surface area contributed by atoms with E-state index in [2.05, 4.69) is 10.2 Å². The van der Waals surface area contributed by atoms with Crippen molar-refractivity contribution in [2.24, 2.45) is 0 Å². The van der Waals surface area contributed by atoms with Gasteiger partial charge in [0.05, 0.1) is 17.3 Å². The van der Waals surface area contributed by atoms with Gasteiger partial charge in [-0.25, -0.2) is 0 Å². The molecule has 0 radical (unpaired) electrons. The lowest BCUT2D eigenvalue weighted by Gasteiger charge is -2.43. The van der Waals surface area contributed by atoms with Crippen molar-refractivity contribution < 1.29 is 14.4 Å². The zero-order valence-electron chi connectivity index (χ0n) is 20.1. The second-order valence-electron chi connectivity index (χ2n) is 9.27. The highest BCUT2D eigenvalue weighted by Gasteiger charge is 2.54. The zero-order valence-corrected chi connectivity index (χ0v) is 21.6. The van der Waals surface area contributed by atoms with Crippen molar-refractivity contribution in [3.8, 4) is 0 Å². The highest BCUT2D eigenvalue weighted by Crippen LogP contribution is 2.40. The molecule has 2 fully saturated rings. The minimum absolute atomic E-state index is 0.0846. The Labute approximate surface area is 225 Å². The van der Waals surface area contributed by atoms with Crippen LogP contribution < -0.4 is 10.2 Å². The van der Waals surface area contributed by atoms with Gasteiger partial charge in [0, 0.05) is 29.5 Å². The Morgan fingerprint density at radius 3 is 2.30 bits per heavy atom. The fourth-order valence-corrected chi connectivity index (χ4v) is 5.55. The summed E-state index contributed by atoms with van der Waals surface area (Å²) in [5.41, 5.74) is 1.09. The number of carbonyl (C=O) groups is 3. The molecule has 0 atom stereocenters. The van der Waals surface area contributed by atoms with Crippen LogP contribution in [0.1, 0.15) is 23.2 Å². The minimum Gasteiger partial charge on any atom is -0.339 e. The maximum atomic E-state index is 13.9. The number of benzene rings is 3. The van der Waals surface area contributed by atoms with Crippen LogP contribution in [0, 0.1) is 0 Å². The molecule has 3 aromatic rings. The topological polar surface area (TPSA) is 73.0 Å². The molecule has 1 N–H and O–H groups in total. The Hall–Kier alpha value is -3.55. The van der Waals surface area contributed by atoms with Crippen molar-refractivity contribution >= 4 is 52.3 Å². The van der Waals surface area contributed by atoms with Gasteiger partial charge in [0.2, 0.25) is 5.91 Å². The summed E-state index contributed by atoms with van der Waals surface area (Å²) in [5, 5.41) is 3.75. The number of hydrogen-bond donors (Lipinski definition) is 1. The number of amides is 3. The third-order valence-electron chi connectivity index (χ3n) is 7.01. The average Bonchev–Trinajstić information content (AvgIpc) is 3.15. The number of hydrogen-bond acceptors (Lipinski definition) is 4. The van der Waals surface area contributed by atoms with Gasteiger partial charge in [-0.2, -0.15) is 0 Å². The molecule has 3 amide bonds. The third-order valence-corrected chi connectivity index (χ3v) is 7.57. The van der Waals surface area contributed by atoms with E-state index in [4.69, 9.17) is 23.2 Å². The summed E-state index contributed by atoms with van der Waals surface area (Å²) in [7, 11) is 0. The molecule has 0 saturated carbocycles. The number of carbonyl (C=O) groups excluding carboxylic acids is 3. The lowest BCUT2D eigenvalue weighted by atomic mass is 9.85. The first-order valence-electron chi connectivity index (χ1n) is 12.1. The van der Waals surface area contributed by atoms with Crippen molar-refractivity contribution in [3.05, 3.63) is 94.5 Å². The molecule has 2 saturated heterocycles. The van der Waals surface area contributed by atoms with Crippen LogP contribution >= 0.6 is 23.2 Å². The fourth-order valence-electron chi connectivity index (χ4n) is 5.15. The number of nitrogens with zero attached hydrogens (tertiary/aromatic N) is 3. The summed E-state index contributed by atoms with van der Waals surface area (Å²) in [6, 6.07) is 23.6. The predicted octanol–water partition coefficient (Wildman–Crippen LogP) is 4.91. The summed E-state index contributed by atoms with van der Waals surface area (Å²) in [6.45, 7) is 1.01. The van der Waals surface area contributed by atoms with Gasteiger partial charge in [0.1, 0.15) is 12.1 Å². The van der Waals surface area contributed by atoms with Gasteiger partial charge in [0.15, 0.2) is 0 Å². The Balaban J connectivity index is 1.35. The average molecular weight is 537 g/mol. The molecule has 9 heteroatoms. The van der Waals surface area contributed by atoms with Crippen molar-refractivity contribution in [2.45, 2.75) is 18.4 Å². The number of piperidine rings is 1. The fraction of sp³-hybridized carbons (Fsp3) is 0.250. The quantitative estimate of drug-likeness (QED) is 0.502. The summed E-state index contributed by atoms with van der Waals surface area (Å²) < 4.78 is 0. The molecule has 2 aliphatic rings. The van der Waals surface area contributed by atoms with Gasteiger partial charge in [0.25, 0.3) is 11.8 Å². The molecule has 7 nitrogen and oxygen atoms in total. The number of halogens is 2. The van der Waals surface area contributed by atoms with Gasteiger partial charge in [-0.3, -0.25) is 14.4 Å².